The van der Waals surface area contributed by atoms with E-state index in [1.165, 1.54) is 11.1 Å². The van der Waals surface area contributed by atoms with Crippen molar-refractivity contribution in [1.82, 2.24) is 5.32 Å². The third kappa shape index (κ3) is 1.87. The van der Waals surface area contributed by atoms with E-state index >= 15 is 0 Å². The Balaban J connectivity index is 2.42. The maximum absolute atomic E-state index is 6.07. The molecular formula is C13H18BrNO. The van der Waals surface area contributed by atoms with Gasteiger partial charge in [-0.3, -0.25) is 0 Å². The Morgan fingerprint density at radius 2 is 2.19 bits per heavy atom. The van der Waals surface area contributed by atoms with Gasteiger partial charge in [0.15, 0.2) is 0 Å². The molecule has 0 saturated heterocycles. The molecule has 0 bridgehead atoms. The van der Waals surface area contributed by atoms with Crippen LogP contribution < -0.4 is 10.1 Å². The predicted molar refractivity (Wildman–Crippen MR) is 70.0 cm³/mol. The minimum atomic E-state index is 0.266. The van der Waals surface area contributed by atoms with E-state index in [0.717, 1.165) is 23.1 Å². The molecule has 88 valence electrons. The molecule has 0 fully saturated rings. The number of halogens is 1. The number of aryl methyl sites for hydroxylation is 1. The molecule has 0 saturated carbocycles. The molecule has 0 radical (unpaired) electrons. The van der Waals surface area contributed by atoms with Gasteiger partial charge in [-0.15, -0.1) is 0 Å². The molecule has 0 amide bonds. The van der Waals surface area contributed by atoms with E-state index in [-0.39, 0.29) is 6.10 Å². The van der Waals surface area contributed by atoms with E-state index in [1.807, 2.05) is 7.05 Å². The summed E-state index contributed by atoms with van der Waals surface area (Å²) < 4.78 is 7.21. The van der Waals surface area contributed by atoms with Crippen molar-refractivity contribution in [3.8, 4) is 5.75 Å². The van der Waals surface area contributed by atoms with Gasteiger partial charge in [0, 0.05) is 10.0 Å². The number of rotatable bonds is 3. The largest absolute Gasteiger partial charge is 0.488 e. The number of hydrogen-bond donors (Lipinski definition) is 1. The average molecular weight is 284 g/mol. The van der Waals surface area contributed by atoms with E-state index < -0.39 is 0 Å². The number of hydrogen-bond acceptors (Lipinski definition) is 2. The molecule has 1 N–H and O–H groups in total. The molecule has 1 aliphatic rings. The molecule has 3 heteroatoms. The van der Waals surface area contributed by atoms with Crippen LogP contribution in [0.15, 0.2) is 16.6 Å². The monoisotopic (exact) mass is 283 g/mol. The summed E-state index contributed by atoms with van der Waals surface area (Å²) in [5.41, 5.74) is 2.50. The van der Waals surface area contributed by atoms with Gasteiger partial charge in [0.2, 0.25) is 0 Å². The van der Waals surface area contributed by atoms with Crippen molar-refractivity contribution < 1.29 is 4.74 Å². The van der Waals surface area contributed by atoms with Crippen molar-refractivity contribution in [1.29, 1.82) is 0 Å². The Labute approximate surface area is 106 Å². The average Bonchev–Trinajstić information content (AvgIpc) is 2.64. The van der Waals surface area contributed by atoms with Crippen molar-refractivity contribution >= 4 is 15.9 Å². The molecule has 2 nitrogen and oxygen atoms in total. The Bertz CT molecular complexity index is 392. The van der Waals surface area contributed by atoms with Gasteiger partial charge >= 0.3 is 0 Å². The number of likely N-dealkylation sites (N-methyl/N-ethyl adjacent to an activating group) is 1. The molecule has 0 aliphatic carbocycles. The molecule has 1 heterocycles. The molecular weight excluding hydrogens is 266 g/mol. The van der Waals surface area contributed by atoms with E-state index in [0.29, 0.717) is 6.04 Å². The fraction of sp³-hybridized carbons (Fsp3) is 0.538. The van der Waals surface area contributed by atoms with Crippen LogP contribution in [0.1, 0.15) is 36.9 Å². The third-order valence-corrected chi connectivity index (χ3v) is 3.87. The highest BCUT2D eigenvalue weighted by atomic mass is 79.9. The lowest BCUT2D eigenvalue weighted by Gasteiger charge is -2.17. The zero-order valence-corrected chi connectivity index (χ0v) is 11.6. The van der Waals surface area contributed by atoms with Gasteiger partial charge < -0.3 is 10.1 Å². The third-order valence-electron chi connectivity index (χ3n) is 3.18. The molecule has 2 unspecified atom stereocenters. The van der Waals surface area contributed by atoms with E-state index in [4.69, 9.17) is 4.74 Å². The molecule has 1 aliphatic heterocycles. The van der Waals surface area contributed by atoms with Crippen molar-refractivity contribution in [3.63, 3.8) is 0 Å². The number of nitrogens with one attached hydrogen (secondary N) is 1. The van der Waals surface area contributed by atoms with Gasteiger partial charge in [-0.25, -0.2) is 0 Å². The van der Waals surface area contributed by atoms with E-state index in [2.05, 4.69) is 47.2 Å². The molecule has 1 aromatic carbocycles. The summed E-state index contributed by atoms with van der Waals surface area (Å²) in [5, 5.41) is 3.37. The standard InChI is InChI=1S/C13H18BrNO/c1-4-5-10-12(15-3)11-9(14)7-6-8(2)13(11)16-10/h6-7,10,12,15H,4-5H2,1-3H3. The SMILES string of the molecule is CCCC1Oc2c(C)ccc(Br)c2C1NC. The summed E-state index contributed by atoms with van der Waals surface area (Å²) in [7, 11) is 2.00. The Morgan fingerprint density at radius 1 is 1.44 bits per heavy atom. The van der Waals surface area contributed by atoms with Crippen LogP contribution in [-0.2, 0) is 0 Å². The highest BCUT2D eigenvalue weighted by Gasteiger charge is 2.35. The van der Waals surface area contributed by atoms with Crippen LogP contribution in [0.5, 0.6) is 5.75 Å². The first-order valence-corrected chi connectivity index (χ1v) is 6.61. The van der Waals surface area contributed by atoms with Gasteiger partial charge in [-0.05, 0) is 32.0 Å². The van der Waals surface area contributed by atoms with Crippen LogP contribution in [-0.4, -0.2) is 13.2 Å². The van der Waals surface area contributed by atoms with E-state index in [1.54, 1.807) is 0 Å². The maximum Gasteiger partial charge on any atom is 0.128 e. The normalized spacial score (nSPS) is 23.0. The summed E-state index contributed by atoms with van der Waals surface area (Å²) in [6.45, 7) is 4.30. The van der Waals surface area contributed by atoms with Crippen molar-refractivity contribution in [2.45, 2.75) is 38.8 Å². The zero-order chi connectivity index (χ0) is 11.7. The fourth-order valence-corrected chi connectivity index (χ4v) is 2.94. The fourth-order valence-electron chi connectivity index (χ4n) is 2.38. The summed E-state index contributed by atoms with van der Waals surface area (Å²) in [5.74, 6) is 1.06. The second-order valence-electron chi connectivity index (χ2n) is 4.32. The first kappa shape index (κ1) is 11.9. The van der Waals surface area contributed by atoms with Crippen LogP contribution in [0.2, 0.25) is 0 Å². The quantitative estimate of drug-likeness (QED) is 0.916. The smallest absolute Gasteiger partial charge is 0.128 e. The van der Waals surface area contributed by atoms with Gasteiger partial charge in [-0.2, -0.15) is 0 Å². The molecule has 2 atom stereocenters. The summed E-state index contributed by atoms with van der Waals surface area (Å²) >= 11 is 3.62. The van der Waals surface area contributed by atoms with Gasteiger partial charge in [0.25, 0.3) is 0 Å². The lowest BCUT2D eigenvalue weighted by Crippen LogP contribution is -2.28. The van der Waals surface area contributed by atoms with Crippen LogP contribution >= 0.6 is 15.9 Å². The maximum atomic E-state index is 6.07. The van der Waals surface area contributed by atoms with Crippen LogP contribution in [0.3, 0.4) is 0 Å². The second kappa shape index (κ2) is 4.76. The number of benzene rings is 1. The molecule has 16 heavy (non-hydrogen) atoms. The topological polar surface area (TPSA) is 21.3 Å². The highest BCUT2D eigenvalue weighted by Crippen LogP contribution is 2.44. The van der Waals surface area contributed by atoms with Gasteiger partial charge in [0.1, 0.15) is 11.9 Å². The predicted octanol–water partition coefficient (Wildman–Crippen LogP) is 3.58. The van der Waals surface area contributed by atoms with Gasteiger partial charge in [0.05, 0.1) is 6.04 Å². The highest BCUT2D eigenvalue weighted by molar-refractivity contribution is 9.10. The van der Waals surface area contributed by atoms with Crippen LogP contribution in [0.25, 0.3) is 0 Å². The Hall–Kier alpha value is -0.540. The molecule has 0 spiro atoms. The summed E-state index contributed by atoms with van der Waals surface area (Å²) in [4.78, 5) is 0. The lowest BCUT2D eigenvalue weighted by molar-refractivity contribution is 0.181. The Kier molecular flexibility index (Phi) is 3.55. The number of ether oxygens (including phenoxy) is 1. The summed E-state index contributed by atoms with van der Waals surface area (Å²) in [6, 6.07) is 4.52. The van der Waals surface area contributed by atoms with Crippen molar-refractivity contribution in [3.05, 3.63) is 27.7 Å². The first-order chi connectivity index (χ1) is 7.69. The van der Waals surface area contributed by atoms with Gasteiger partial charge in [-0.1, -0.05) is 35.3 Å². The minimum Gasteiger partial charge on any atom is -0.488 e. The molecule has 1 aromatic rings. The van der Waals surface area contributed by atoms with E-state index in [9.17, 15) is 0 Å². The zero-order valence-electron chi connectivity index (χ0n) is 10.0. The van der Waals surface area contributed by atoms with Crippen LogP contribution in [0.4, 0.5) is 0 Å². The lowest BCUT2D eigenvalue weighted by atomic mass is 9.99. The summed E-state index contributed by atoms with van der Waals surface area (Å²) in [6.07, 6.45) is 2.50. The van der Waals surface area contributed by atoms with Crippen molar-refractivity contribution in [2.75, 3.05) is 7.05 Å². The van der Waals surface area contributed by atoms with Crippen molar-refractivity contribution in [2.24, 2.45) is 0 Å². The number of fused-ring (bicyclic) bond motifs is 1. The second-order valence-corrected chi connectivity index (χ2v) is 5.17. The Morgan fingerprint density at radius 3 is 2.81 bits per heavy atom. The van der Waals surface area contributed by atoms with Crippen LogP contribution in [0, 0.1) is 6.92 Å². The first-order valence-electron chi connectivity index (χ1n) is 5.82. The molecule has 2 rings (SSSR count). The molecule has 0 aromatic heterocycles. The minimum absolute atomic E-state index is 0.266.